The number of ether oxygens (including phenoxy) is 1. The first-order valence-electron chi connectivity index (χ1n) is 10.4. The Balaban J connectivity index is 1.43. The number of aromatic nitrogens is 1. The molecule has 1 aliphatic carbocycles. The van der Waals surface area contributed by atoms with E-state index in [1.807, 2.05) is 0 Å². The predicted octanol–water partition coefficient (Wildman–Crippen LogP) is 4.18. The number of para-hydroxylation sites is 2. The van der Waals surface area contributed by atoms with Gasteiger partial charge in [0.05, 0.1) is 23.4 Å². The van der Waals surface area contributed by atoms with Gasteiger partial charge < -0.3 is 14.5 Å². The first-order valence-corrected chi connectivity index (χ1v) is 12.9. The van der Waals surface area contributed by atoms with Crippen LogP contribution in [0.4, 0.5) is 5.69 Å². The van der Waals surface area contributed by atoms with E-state index in [0.717, 1.165) is 25.7 Å². The standard InChI is InChI=1S/C22H25N3O5S2/c1-29-19-10-6-5-9-17(19)25-32(27,28)16-11-12-20-18(13-16)24-22(30-20)31-14-21(26)23-15-7-3-2-4-8-15/h5-6,9-13,15,25H,2-4,7-8,14H2,1H3,(H,23,26). The van der Waals surface area contributed by atoms with Gasteiger partial charge in [0.2, 0.25) is 5.91 Å². The molecule has 0 spiro atoms. The van der Waals surface area contributed by atoms with E-state index in [0.29, 0.717) is 27.8 Å². The maximum absolute atomic E-state index is 12.8. The number of rotatable bonds is 8. The number of methoxy groups -OCH3 is 1. The molecule has 1 aromatic heterocycles. The van der Waals surface area contributed by atoms with Crippen molar-refractivity contribution in [3.8, 4) is 5.75 Å². The molecular weight excluding hydrogens is 450 g/mol. The molecule has 2 N–H and O–H groups in total. The summed E-state index contributed by atoms with van der Waals surface area (Å²) in [7, 11) is -2.38. The van der Waals surface area contributed by atoms with Crippen molar-refractivity contribution < 1.29 is 22.4 Å². The quantitative estimate of drug-likeness (QED) is 0.470. The normalized spacial score (nSPS) is 14.9. The zero-order valence-electron chi connectivity index (χ0n) is 17.7. The van der Waals surface area contributed by atoms with Gasteiger partial charge >= 0.3 is 0 Å². The van der Waals surface area contributed by atoms with Gasteiger partial charge in [-0.05, 0) is 43.2 Å². The molecule has 2 aromatic carbocycles. The van der Waals surface area contributed by atoms with Crippen molar-refractivity contribution in [1.82, 2.24) is 10.3 Å². The van der Waals surface area contributed by atoms with Gasteiger partial charge in [0, 0.05) is 6.04 Å². The molecule has 170 valence electrons. The number of thioether (sulfide) groups is 1. The fourth-order valence-electron chi connectivity index (χ4n) is 3.69. The van der Waals surface area contributed by atoms with Crippen LogP contribution in [0.3, 0.4) is 0 Å². The minimum Gasteiger partial charge on any atom is -0.495 e. The molecule has 0 atom stereocenters. The van der Waals surface area contributed by atoms with Gasteiger partial charge in [-0.2, -0.15) is 0 Å². The molecule has 1 amide bonds. The van der Waals surface area contributed by atoms with E-state index in [2.05, 4.69) is 15.0 Å². The zero-order valence-corrected chi connectivity index (χ0v) is 19.3. The molecule has 0 bridgehead atoms. The van der Waals surface area contributed by atoms with Gasteiger partial charge in [-0.3, -0.25) is 9.52 Å². The van der Waals surface area contributed by atoms with Gasteiger partial charge in [0.1, 0.15) is 11.3 Å². The maximum Gasteiger partial charge on any atom is 0.262 e. The molecule has 1 heterocycles. The first kappa shape index (κ1) is 22.5. The number of carbonyl (C=O) groups excluding carboxylic acids is 1. The smallest absolute Gasteiger partial charge is 0.262 e. The van der Waals surface area contributed by atoms with Gasteiger partial charge in [0.25, 0.3) is 15.2 Å². The van der Waals surface area contributed by atoms with Crippen molar-refractivity contribution in [2.75, 3.05) is 17.6 Å². The summed E-state index contributed by atoms with van der Waals surface area (Å²) in [5.74, 6) is 0.571. The Kier molecular flexibility index (Phi) is 6.90. The molecular formula is C22H25N3O5S2. The molecule has 8 nitrogen and oxygen atoms in total. The second-order valence-corrected chi connectivity index (χ2v) is 10.2. The summed E-state index contributed by atoms with van der Waals surface area (Å²) in [6, 6.07) is 11.5. The van der Waals surface area contributed by atoms with Gasteiger partial charge in [-0.1, -0.05) is 43.2 Å². The van der Waals surface area contributed by atoms with Crippen LogP contribution in [0.1, 0.15) is 32.1 Å². The second kappa shape index (κ2) is 9.83. The Morgan fingerprint density at radius 2 is 1.97 bits per heavy atom. The Morgan fingerprint density at radius 3 is 2.75 bits per heavy atom. The molecule has 1 fully saturated rings. The highest BCUT2D eigenvalue weighted by Crippen LogP contribution is 2.29. The average molecular weight is 476 g/mol. The van der Waals surface area contributed by atoms with Crippen molar-refractivity contribution in [1.29, 1.82) is 0 Å². The summed E-state index contributed by atoms with van der Waals surface area (Å²) in [5, 5.41) is 3.38. The highest BCUT2D eigenvalue weighted by atomic mass is 32.2. The summed E-state index contributed by atoms with van der Waals surface area (Å²) in [4.78, 5) is 16.6. The lowest BCUT2D eigenvalue weighted by molar-refractivity contribution is -0.119. The van der Waals surface area contributed by atoms with Crippen LogP contribution in [-0.2, 0) is 14.8 Å². The monoisotopic (exact) mass is 475 g/mol. The lowest BCUT2D eigenvalue weighted by Crippen LogP contribution is -2.37. The summed E-state index contributed by atoms with van der Waals surface area (Å²) >= 11 is 1.19. The van der Waals surface area contributed by atoms with E-state index in [1.54, 1.807) is 30.3 Å². The van der Waals surface area contributed by atoms with E-state index in [1.165, 1.54) is 37.4 Å². The van der Waals surface area contributed by atoms with Gasteiger partial charge in [-0.15, -0.1) is 0 Å². The Morgan fingerprint density at radius 1 is 1.19 bits per heavy atom. The van der Waals surface area contributed by atoms with E-state index in [9.17, 15) is 13.2 Å². The van der Waals surface area contributed by atoms with Crippen LogP contribution in [0, 0.1) is 0 Å². The van der Waals surface area contributed by atoms with Crippen LogP contribution < -0.4 is 14.8 Å². The van der Waals surface area contributed by atoms with E-state index < -0.39 is 10.0 Å². The summed E-state index contributed by atoms with van der Waals surface area (Å²) in [5.41, 5.74) is 1.20. The van der Waals surface area contributed by atoms with Crippen LogP contribution in [0.15, 0.2) is 57.0 Å². The molecule has 1 aliphatic rings. The number of hydrogen-bond donors (Lipinski definition) is 2. The van der Waals surface area contributed by atoms with Crippen LogP contribution in [0.2, 0.25) is 0 Å². The SMILES string of the molecule is COc1ccccc1NS(=O)(=O)c1ccc2oc(SCC(=O)NC3CCCCC3)nc2c1. The number of sulfonamides is 1. The Hall–Kier alpha value is -2.72. The third kappa shape index (κ3) is 5.36. The zero-order chi connectivity index (χ0) is 22.6. The predicted molar refractivity (Wildman–Crippen MR) is 124 cm³/mol. The van der Waals surface area contributed by atoms with Crippen LogP contribution in [0.25, 0.3) is 11.1 Å². The largest absolute Gasteiger partial charge is 0.495 e. The molecule has 4 rings (SSSR count). The van der Waals surface area contributed by atoms with E-state index in [-0.39, 0.29) is 22.6 Å². The Labute approximate surface area is 191 Å². The number of amides is 1. The summed E-state index contributed by atoms with van der Waals surface area (Å²) in [6.45, 7) is 0. The number of anilines is 1. The topological polar surface area (TPSA) is 111 Å². The number of nitrogens with one attached hydrogen (secondary N) is 2. The molecule has 1 saturated carbocycles. The minimum absolute atomic E-state index is 0.0477. The lowest BCUT2D eigenvalue weighted by Gasteiger charge is -2.22. The molecule has 10 heteroatoms. The van der Waals surface area contributed by atoms with Crippen molar-refractivity contribution in [3.05, 3.63) is 42.5 Å². The molecule has 3 aromatic rings. The van der Waals surface area contributed by atoms with Gasteiger partial charge in [0.15, 0.2) is 5.58 Å². The van der Waals surface area contributed by atoms with Gasteiger partial charge in [-0.25, -0.2) is 13.4 Å². The molecule has 0 aliphatic heterocycles. The second-order valence-electron chi connectivity index (χ2n) is 7.61. The van der Waals surface area contributed by atoms with E-state index >= 15 is 0 Å². The lowest BCUT2D eigenvalue weighted by atomic mass is 9.95. The minimum atomic E-state index is -3.85. The van der Waals surface area contributed by atoms with Crippen LogP contribution in [-0.4, -0.2) is 38.2 Å². The number of carbonyl (C=O) groups is 1. The molecule has 0 saturated heterocycles. The summed E-state index contributed by atoms with van der Waals surface area (Å²) < 4.78 is 39.1. The summed E-state index contributed by atoms with van der Waals surface area (Å²) in [6.07, 6.45) is 5.59. The van der Waals surface area contributed by atoms with Crippen LogP contribution in [0.5, 0.6) is 5.75 Å². The third-order valence-corrected chi connectivity index (χ3v) is 7.49. The van der Waals surface area contributed by atoms with Crippen molar-refractivity contribution >= 4 is 44.5 Å². The maximum atomic E-state index is 12.8. The first-order chi connectivity index (χ1) is 15.4. The fourth-order valence-corrected chi connectivity index (χ4v) is 5.43. The molecule has 0 radical (unpaired) electrons. The fraction of sp³-hybridized carbons (Fsp3) is 0.364. The van der Waals surface area contributed by atoms with E-state index in [4.69, 9.17) is 9.15 Å². The van der Waals surface area contributed by atoms with Crippen molar-refractivity contribution in [3.63, 3.8) is 0 Å². The molecule has 32 heavy (non-hydrogen) atoms. The number of hydrogen-bond acceptors (Lipinski definition) is 7. The number of nitrogens with zero attached hydrogens (tertiary/aromatic N) is 1. The number of fused-ring (bicyclic) bond motifs is 1. The number of benzene rings is 2. The Bertz CT molecular complexity index is 1200. The van der Waals surface area contributed by atoms with Crippen molar-refractivity contribution in [2.45, 2.75) is 48.3 Å². The van der Waals surface area contributed by atoms with Crippen LogP contribution >= 0.6 is 11.8 Å². The highest BCUT2D eigenvalue weighted by Gasteiger charge is 2.20. The average Bonchev–Trinajstić information content (AvgIpc) is 3.21. The highest BCUT2D eigenvalue weighted by molar-refractivity contribution is 7.99. The molecule has 0 unspecified atom stereocenters. The number of oxazole rings is 1. The third-order valence-electron chi connectivity index (χ3n) is 5.30. The van der Waals surface area contributed by atoms with Crippen molar-refractivity contribution in [2.24, 2.45) is 0 Å².